The van der Waals surface area contributed by atoms with Crippen molar-refractivity contribution in [2.45, 2.75) is 64.4 Å². The summed E-state index contributed by atoms with van der Waals surface area (Å²) in [7, 11) is 0. The Hall–Kier alpha value is -1.80. The molecule has 0 amide bonds. The van der Waals surface area contributed by atoms with Crippen molar-refractivity contribution in [2.24, 2.45) is 5.92 Å². The molecule has 0 radical (unpaired) electrons. The molecular weight excluding hydrogens is 334 g/mol. The van der Waals surface area contributed by atoms with E-state index < -0.39 is 5.60 Å². The van der Waals surface area contributed by atoms with Crippen LogP contribution in [0.1, 0.15) is 74.7 Å². The third kappa shape index (κ3) is 6.21. The lowest BCUT2D eigenvalue weighted by atomic mass is 9.77. The SMILES string of the molecule is CC(C)(C)OC(=O)CC1CCC(c2ccc(C(=O)SC#N)cc2)CC1. The number of esters is 1. The number of hydrogen-bond donors (Lipinski definition) is 0. The third-order valence-corrected chi connectivity index (χ3v) is 4.99. The quantitative estimate of drug-likeness (QED) is 0.556. The maximum Gasteiger partial charge on any atom is 0.306 e. The Morgan fingerprint density at radius 2 is 1.76 bits per heavy atom. The molecule has 2 rings (SSSR count). The molecule has 0 aromatic heterocycles. The van der Waals surface area contributed by atoms with Gasteiger partial charge >= 0.3 is 5.97 Å². The van der Waals surface area contributed by atoms with Gasteiger partial charge in [0.25, 0.3) is 0 Å². The van der Waals surface area contributed by atoms with Gasteiger partial charge in [0, 0.05) is 23.7 Å². The van der Waals surface area contributed by atoms with E-state index in [1.54, 1.807) is 12.1 Å². The van der Waals surface area contributed by atoms with Crippen molar-refractivity contribution in [3.05, 3.63) is 35.4 Å². The molecule has 0 saturated heterocycles. The van der Waals surface area contributed by atoms with Crippen LogP contribution in [0.5, 0.6) is 0 Å². The van der Waals surface area contributed by atoms with E-state index in [-0.39, 0.29) is 11.1 Å². The summed E-state index contributed by atoms with van der Waals surface area (Å²) in [6.45, 7) is 5.68. The van der Waals surface area contributed by atoms with Gasteiger partial charge in [-0.25, -0.2) is 0 Å². The van der Waals surface area contributed by atoms with Crippen LogP contribution >= 0.6 is 11.8 Å². The smallest absolute Gasteiger partial charge is 0.306 e. The first-order valence-electron chi connectivity index (χ1n) is 8.70. The van der Waals surface area contributed by atoms with Crippen LogP contribution in [0.4, 0.5) is 0 Å². The topological polar surface area (TPSA) is 67.2 Å². The van der Waals surface area contributed by atoms with E-state index >= 15 is 0 Å². The van der Waals surface area contributed by atoms with Crippen LogP contribution in [-0.2, 0) is 9.53 Å². The summed E-state index contributed by atoms with van der Waals surface area (Å²) < 4.78 is 5.41. The summed E-state index contributed by atoms with van der Waals surface area (Å²) in [5, 5.41) is 10.2. The fourth-order valence-electron chi connectivity index (χ4n) is 3.31. The molecular formula is C20H25NO3S. The van der Waals surface area contributed by atoms with Crippen LogP contribution < -0.4 is 0 Å². The van der Waals surface area contributed by atoms with Crippen molar-refractivity contribution in [1.29, 1.82) is 5.26 Å². The highest BCUT2D eigenvalue weighted by Crippen LogP contribution is 2.37. The Morgan fingerprint density at radius 3 is 2.28 bits per heavy atom. The average Bonchev–Trinajstić information content (AvgIpc) is 2.54. The number of carbonyl (C=O) groups excluding carboxylic acids is 2. The summed E-state index contributed by atoms with van der Waals surface area (Å²) in [5.74, 6) is 0.774. The van der Waals surface area contributed by atoms with E-state index in [1.165, 1.54) is 5.56 Å². The van der Waals surface area contributed by atoms with Gasteiger partial charge in [-0.1, -0.05) is 24.3 Å². The van der Waals surface area contributed by atoms with Crippen molar-refractivity contribution in [3.63, 3.8) is 0 Å². The normalized spacial score (nSPS) is 20.6. The minimum absolute atomic E-state index is 0.103. The zero-order chi connectivity index (χ0) is 18.4. The van der Waals surface area contributed by atoms with Crippen LogP contribution in [0.15, 0.2) is 24.3 Å². The largest absolute Gasteiger partial charge is 0.460 e. The molecule has 1 aliphatic carbocycles. The number of thioether (sulfide) groups is 1. The maximum absolute atomic E-state index is 12.0. The summed E-state index contributed by atoms with van der Waals surface area (Å²) in [6, 6.07) is 7.58. The molecule has 1 aromatic carbocycles. The Bertz CT molecular complexity index is 647. The van der Waals surface area contributed by atoms with Gasteiger partial charge in [0.1, 0.15) is 11.0 Å². The van der Waals surface area contributed by atoms with Gasteiger partial charge in [-0.15, -0.1) is 0 Å². The van der Waals surface area contributed by atoms with Gasteiger partial charge in [-0.05, 0) is 63.9 Å². The van der Waals surface area contributed by atoms with Crippen molar-refractivity contribution in [2.75, 3.05) is 0 Å². The number of hydrogen-bond acceptors (Lipinski definition) is 5. The van der Waals surface area contributed by atoms with Crippen LogP contribution in [0.3, 0.4) is 0 Å². The molecule has 134 valence electrons. The summed E-state index contributed by atoms with van der Waals surface area (Å²) in [5.41, 5.74) is 1.38. The summed E-state index contributed by atoms with van der Waals surface area (Å²) >= 11 is 0.658. The zero-order valence-corrected chi connectivity index (χ0v) is 15.9. The first kappa shape index (κ1) is 19.5. The lowest BCUT2D eigenvalue weighted by Gasteiger charge is -2.29. The summed E-state index contributed by atoms with van der Waals surface area (Å²) in [6.07, 6.45) is 4.65. The number of thiocyanates is 1. The molecule has 0 N–H and O–H groups in total. The number of rotatable bonds is 4. The van der Waals surface area contributed by atoms with Gasteiger partial charge in [0.05, 0.1) is 0 Å². The van der Waals surface area contributed by atoms with Gasteiger partial charge in [0.15, 0.2) is 0 Å². The molecule has 0 aliphatic heterocycles. The number of ether oxygens (including phenoxy) is 1. The van der Waals surface area contributed by atoms with Crippen LogP contribution in [0.25, 0.3) is 0 Å². The van der Waals surface area contributed by atoms with Gasteiger partial charge in [0.2, 0.25) is 5.12 Å². The molecule has 0 bridgehead atoms. The third-order valence-electron chi connectivity index (χ3n) is 4.48. The highest BCUT2D eigenvalue weighted by Gasteiger charge is 2.26. The highest BCUT2D eigenvalue weighted by atomic mass is 32.2. The Labute approximate surface area is 153 Å². The second-order valence-electron chi connectivity index (χ2n) is 7.61. The minimum Gasteiger partial charge on any atom is -0.460 e. The second-order valence-corrected chi connectivity index (χ2v) is 8.37. The molecule has 0 spiro atoms. The molecule has 1 aromatic rings. The minimum atomic E-state index is -0.419. The fourth-order valence-corrected chi connectivity index (χ4v) is 3.65. The average molecular weight is 359 g/mol. The van der Waals surface area contributed by atoms with Gasteiger partial charge in [-0.2, -0.15) is 5.26 Å². The molecule has 0 unspecified atom stereocenters. The van der Waals surface area contributed by atoms with Crippen molar-refractivity contribution < 1.29 is 14.3 Å². The number of nitriles is 1. The van der Waals surface area contributed by atoms with Crippen molar-refractivity contribution in [1.82, 2.24) is 0 Å². The van der Waals surface area contributed by atoms with E-state index in [4.69, 9.17) is 10.00 Å². The molecule has 0 atom stereocenters. The molecule has 4 nitrogen and oxygen atoms in total. The lowest BCUT2D eigenvalue weighted by molar-refractivity contribution is -0.156. The van der Waals surface area contributed by atoms with Crippen LogP contribution in [-0.4, -0.2) is 16.7 Å². The van der Waals surface area contributed by atoms with Crippen molar-refractivity contribution in [3.8, 4) is 5.40 Å². The van der Waals surface area contributed by atoms with Crippen molar-refractivity contribution >= 4 is 22.8 Å². The Balaban J connectivity index is 1.85. The van der Waals surface area contributed by atoms with Crippen LogP contribution in [0, 0.1) is 16.6 Å². The Morgan fingerprint density at radius 1 is 1.16 bits per heavy atom. The lowest BCUT2D eigenvalue weighted by Crippen LogP contribution is -2.26. The number of carbonyl (C=O) groups is 2. The van der Waals surface area contributed by atoms with E-state index in [0.29, 0.717) is 35.6 Å². The Kier molecular flexibility index (Phi) is 6.66. The molecule has 0 heterocycles. The zero-order valence-electron chi connectivity index (χ0n) is 15.1. The fraction of sp³-hybridized carbons (Fsp3) is 0.550. The molecule has 1 saturated carbocycles. The monoisotopic (exact) mass is 359 g/mol. The first-order chi connectivity index (χ1) is 11.8. The van der Waals surface area contributed by atoms with E-state index in [1.807, 2.05) is 38.3 Å². The predicted octanol–water partition coefficient (Wildman–Crippen LogP) is 5.05. The van der Waals surface area contributed by atoms with Crippen LogP contribution in [0.2, 0.25) is 0 Å². The number of nitrogens with zero attached hydrogens (tertiary/aromatic N) is 1. The van der Waals surface area contributed by atoms with E-state index in [0.717, 1.165) is 25.7 Å². The molecule has 5 heteroatoms. The first-order valence-corrected chi connectivity index (χ1v) is 9.52. The maximum atomic E-state index is 12.0. The van der Waals surface area contributed by atoms with E-state index in [9.17, 15) is 9.59 Å². The van der Waals surface area contributed by atoms with Gasteiger partial charge in [-0.3, -0.25) is 9.59 Å². The van der Waals surface area contributed by atoms with Gasteiger partial charge < -0.3 is 4.74 Å². The second kappa shape index (κ2) is 8.53. The summed E-state index contributed by atoms with van der Waals surface area (Å²) in [4.78, 5) is 23.6. The molecule has 25 heavy (non-hydrogen) atoms. The van der Waals surface area contributed by atoms with E-state index in [2.05, 4.69) is 0 Å². The predicted molar refractivity (Wildman–Crippen MR) is 99.1 cm³/mol. The standard InChI is InChI=1S/C20H25NO3S/c1-20(2,3)24-18(22)12-14-4-6-15(7-5-14)16-8-10-17(11-9-16)19(23)25-13-21/h8-11,14-15H,4-7,12H2,1-3H3. The molecule has 1 aliphatic rings. The number of benzene rings is 1. The molecule has 1 fully saturated rings. The highest BCUT2D eigenvalue weighted by molar-refractivity contribution is 8.18.